The van der Waals surface area contributed by atoms with Crippen molar-refractivity contribution < 1.29 is 42.5 Å². The lowest BCUT2D eigenvalue weighted by molar-refractivity contribution is -0.201. The number of hydrogen-bond acceptors (Lipinski definition) is 14. The molecule has 2 aliphatic heterocycles. The number of nitriles is 1. The number of hydrogen-bond donors (Lipinski definition) is 1. The average molecular weight is 956 g/mol. The van der Waals surface area contributed by atoms with Gasteiger partial charge in [0.25, 0.3) is 5.91 Å². The van der Waals surface area contributed by atoms with Crippen LogP contribution in [0.2, 0.25) is 0 Å². The molecule has 0 radical (unpaired) electrons. The number of aromatic nitrogens is 4. The summed E-state index contributed by atoms with van der Waals surface area (Å²) in [6.07, 6.45) is 0.412. The zero-order chi connectivity index (χ0) is 48.9. The maximum atomic E-state index is 14.0. The predicted octanol–water partition coefficient (Wildman–Crippen LogP) is 8.82. The van der Waals surface area contributed by atoms with Crippen molar-refractivity contribution in [1.29, 1.82) is 5.26 Å². The van der Waals surface area contributed by atoms with Crippen LogP contribution in [0.4, 0.5) is 5.82 Å². The Morgan fingerprint density at radius 2 is 1.46 bits per heavy atom. The minimum atomic E-state index is -1.76. The fourth-order valence-electron chi connectivity index (χ4n) is 9.17. The third-order valence-electron chi connectivity index (χ3n) is 12.3. The zero-order valence-electron chi connectivity index (χ0n) is 40.1. The summed E-state index contributed by atoms with van der Waals surface area (Å²) in [7, 11) is 1.50. The van der Waals surface area contributed by atoms with E-state index < -0.39 is 49.5 Å². The molecule has 5 atom stereocenters. The average Bonchev–Trinajstić information content (AvgIpc) is 4.02. The van der Waals surface area contributed by atoms with Crippen LogP contribution in [0.5, 0.6) is 11.5 Å². The van der Waals surface area contributed by atoms with Gasteiger partial charge >= 0.3 is 5.97 Å². The van der Waals surface area contributed by atoms with Crippen molar-refractivity contribution in [1.82, 2.24) is 24.2 Å². The molecule has 1 amide bonds. The van der Waals surface area contributed by atoms with Gasteiger partial charge in [0.1, 0.15) is 61.3 Å². The van der Waals surface area contributed by atoms with Crippen LogP contribution < -0.4 is 14.8 Å². The summed E-state index contributed by atoms with van der Waals surface area (Å²) in [6.45, 7) is 11.7. The van der Waals surface area contributed by atoms with Crippen molar-refractivity contribution in [3.63, 3.8) is 0 Å². The number of amides is 1. The molecule has 4 aromatic carbocycles. The summed E-state index contributed by atoms with van der Waals surface area (Å²) in [4.78, 5) is 41.0. The maximum absolute atomic E-state index is 14.0. The smallest absolute Gasteiger partial charge is 0.314 e. The number of fused-ring (bicyclic) bond motifs is 3. The van der Waals surface area contributed by atoms with E-state index in [1.54, 1.807) is 63.2 Å². The highest BCUT2D eigenvalue weighted by Crippen LogP contribution is 2.56. The number of carbonyl (C=O) groups excluding carboxylic acids is 2. The standard InChI is InChI=1S/C52H58N7O9P/c1-34(2)59(35(3)4)69(29-42(60)66-50(5,6)27-28-53)68-45-44-49(58-33-56-43-46(54-32-55-47(43)58)57-48(61)36-15-11-9-12-16-36)67-51(45,30-64-44)31-65-52(37-17-13-10-14-18-37,38-19-23-40(62-7)24-20-38)39-21-25-41(63-8)26-22-39/h9-26,32-35,44-45,49H,27,29-31H2,1-8H3,(H,54,55,57,61). The SMILES string of the molecule is COc1ccc(C(OCC23COC(C(n4cnc5c(NC(=O)c6ccccc6)ncnc54)O2)C3OP(CC(=O)OC(C)(C)CC#N)N(C(C)C)C(C)C)(c2ccccc2)c2ccc(OC)cc2)cc1. The van der Waals surface area contributed by atoms with Crippen LogP contribution in [0, 0.1) is 11.3 Å². The summed E-state index contributed by atoms with van der Waals surface area (Å²) >= 11 is 0. The number of benzene rings is 4. The maximum Gasteiger partial charge on any atom is 0.314 e. The highest BCUT2D eigenvalue weighted by Gasteiger charge is 2.65. The molecule has 16 nitrogen and oxygen atoms in total. The Hall–Kier alpha value is -6.31. The van der Waals surface area contributed by atoms with Gasteiger partial charge in [-0.1, -0.05) is 72.8 Å². The van der Waals surface area contributed by atoms with Crippen molar-refractivity contribution in [3.05, 3.63) is 144 Å². The Balaban J connectivity index is 1.24. The number of ether oxygens (including phenoxy) is 6. The summed E-state index contributed by atoms with van der Waals surface area (Å²) in [5.74, 6) is 0.732. The van der Waals surface area contributed by atoms with Gasteiger partial charge in [-0.2, -0.15) is 5.26 Å². The third-order valence-corrected chi connectivity index (χ3v) is 14.7. The Kier molecular flexibility index (Phi) is 14.8. The molecule has 1 N–H and O–H groups in total. The van der Waals surface area contributed by atoms with Crippen molar-refractivity contribution >= 4 is 37.2 Å². The number of nitrogens with zero attached hydrogens (tertiary/aromatic N) is 6. The summed E-state index contributed by atoms with van der Waals surface area (Å²) in [5.41, 5.74) is 0.113. The van der Waals surface area contributed by atoms with Crippen LogP contribution in [0.25, 0.3) is 11.2 Å². The summed E-state index contributed by atoms with van der Waals surface area (Å²) in [5, 5.41) is 12.4. The lowest BCUT2D eigenvalue weighted by Crippen LogP contribution is -2.49. The lowest BCUT2D eigenvalue weighted by Gasteiger charge is -2.42. The molecule has 17 heteroatoms. The molecule has 0 saturated carbocycles. The lowest BCUT2D eigenvalue weighted by atomic mass is 9.79. The first-order valence-corrected chi connectivity index (χ1v) is 24.3. The Bertz CT molecular complexity index is 2700. The van der Waals surface area contributed by atoms with Crippen molar-refractivity contribution in [3.8, 4) is 17.6 Å². The van der Waals surface area contributed by atoms with E-state index >= 15 is 0 Å². The molecule has 69 heavy (non-hydrogen) atoms. The number of anilines is 1. The third kappa shape index (κ3) is 10.1. The van der Waals surface area contributed by atoms with Gasteiger partial charge in [0.15, 0.2) is 23.2 Å². The quantitative estimate of drug-likeness (QED) is 0.0435. The van der Waals surface area contributed by atoms with Crippen molar-refractivity contribution in [2.45, 2.75) is 95.3 Å². The van der Waals surface area contributed by atoms with Crippen LogP contribution in [-0.2, 0) is 33.9 Å². The molecule has 2 aliphatic rings. The van der Waals surface area contributed by atoms with E-state index in [2.05, 4.69) is 53.7 Å². The van der Waals surface area contributed by atoms with Crippen LogP contribution in [0.15, 0.2) is 122 Å². The summed E-state index contributed by atoms with van der Waals surface area (Å²) < 4.78 is 50.1. The zero-order valence-corrected chi connectivity index (χ0v) is 41.0. The topological polar surface area (TPSA) is 181 Å². The van der Waals surface area contributed by atoms with Crippen molar-refractivity contribution in [2.75, 3.05) is 38.9 Å². The molecule has 360 valence electrons. The summed E-state index contributed by atoms with van der Waals surface area (Å²) in [6, 6.07) is 36.4. The molecule has 2 saturated heterocycles. The van der Waals surface area contributed by atoms with Gasteiger partial charge in [0, 0.05) is 17.6 Å². The van der Waals surface area contributed by atoms with E-state index in [9.17, 15) is 14.9 Å². The van der Waals surface area contributed by atoms with Crippen LogP contribution in [0.1, 0.15) is 81.2 Å². The second-order valence-electron chi connectivity index (χ2n) is 18.2. The molecule has 6 aromatic rings. The van der Waals surface area contributed by atoms with Gasteiger partial charge in [-0.3, -0.25) is 18.8 Å². The van der Waals surface area contributed by atoms with Crippen LogP contribution in [0.3, 0.4) is 0 Å². The second kappa shape index (κ2) is 20.7. The highest BCUT2D eigenvalue weighted by molar-refractivity contribution is 7.51. The van der Waals surface area contributed by atoms with E-state index in [1.165, 1.54) is 6.33 Å². The van der Waals surface area contributed by atoms with E-state index in [0.717, 1.165) is 16.7 Å². The van der Waals surface area contributed by atoms with Gasteiger partial charge < -0.3 is 38.3 Å². The van der Waals surface area contributed by atoms with Gasteiger partial charge in [0.2, 0.25) is 0 Å². The largest absolute Gasteiger partial charge is 0.497 e. The number of rotatable bonds is 20. The first-order chi connectivity index (χ1) is 33.2. The molecule has 4 heterocycles. The molecule has 8 rings (SSSR count). The van der Waals surface area contributed by atoms with E-state index in [1.807, 2.05) is 84.9 Å². The molecular weight excluding hydrogens is 898 g/mol. The minimum Gasteiger partial charge on any atom is -0.497 e. The highest BCUT2D eigenvalue weighted by atomic mass is 31.2. The Morgan fingerprint density at radius 1 is 0.870 bits per heavy atom. The fourth-order valence-corrected chi connectivity index (χ4v) is 11.4. The molecule has 5 unspecified atom stereocenters. The number of imidazole rings is 1. The van der Waals surface area contributed by atoms with Crippen LogP contribution >= 0.6 is 8.30 Å². The van der Waals surface area contributed by atoms with E-state index in [4.69, 9.17) is 37.9 Å². The van der Waals surface area contributed by atoms with Crippen molar-refractivity contribution in [2.24, 2.45) is 0 Å². The fraction of sp³-hybridized carbons (Fsp3) is 0.385. The minimum absolute atomic E-state index is 0.0235. The van der Waals surface area contributed by atoms with Gasteiger partial charge in [-0.25, -0.2) is 15.0 Å². The van der Waals surface area contributed by atoms with E-state index in [-0.39, 0.29) is 49.6 Å². The van der Waals surface area contributed by atoms with Gasteiger partial charge in [0.05, 0.1) is 46.3 Å². The Labute approximate surface area is 403 Å². The number of esters is 1. The first kappa shape index (κ1) is 49.1. The predicted molar refractivity (Wildman–Crippen MR) is 260 cm³/mol. The molecule has 2 fully saturated rings. The van der Waals surface area contributed by atoms with E-state index in [0.29, 0.717) is 28.2 Å². The molecule has 0 spiro atoms. The van der Waals surface area contributed by atoms with Crippen LogP contribution in [-0.4, -0.2) is 105 Å². The Morgan fingerprint density at radius 3 is 2.04 bits per heavy atom. The van der Waals surface area contributed by atoms with Gasteiger partial charge in [-0.05, 0) is 94.6 Å². The number of nitrogens with one attached hydrogen (secondary N) is 1. The molecule has 2 aromatic heterocycles. The first-order valence-electron chi connectivity index (χ1n) is 22.9. The van der Waals surface area contributed by atoms with Gasteiger partial charge in [-0.15, -0.1) is 0 Å². The normalized spacial score (nSPS) is 19.5. The number of carbonyl (C=O) groups is 2. The molecular formula is C52H58N7O9P. The monoisotopic (exact) mass is 955 g/mol. The number of methoxy groups -OCH3 is 2. The second-order valence-corrected chi connectivity index (χ2v) is 19.9. The molecule has 2 bridgehead atoms. The molecule has 0 aliphatic carbocycles.